The van der Waals surface area contributed by atoms with Crippen molar-refractivity contribution in [2.75, 3.05) is 0 Å². The molecule has 0 aromatic carbocycles. The summed E-state index contributed by atoms with van der Waals surface area (Å²) in [5, 5.41) is 0. The molecule has 0 heteroatoms. The Hall–Kier alpha value is 0. The first kappa shape index (κ1) is 13.1. The number of rotatable bonds is 9. The molecule has 3 unspecified atom stereocenters. The molecule has 1 rings (SSSR count). The lowest BCUT2D eigenvalue weighted by Gasteiger charge is -2.07. The Morgan fingerprint density at radius 1 is 1.07 bits per heavy atom. The minimum absolute atomic E-state index is 0.956. The van der Waals surface area contributed by atoms with E-state index >= 15 is 0 Å². The van der Waals surface area contributed by atoms with E-state index < -0.39 is 0 Å². The molecule has 0 radical (unpaired) electrons. The van der Waals surface area contributed by atoms with Crippen molar-refractivity contribution >= 4 is 0 Å². The Morgan fingerprint density at radius 2 is 1.67 bits per heavy atom. The molecule has 0 aliphatic heterocycles. The van der Waals surface area contributed by atoms with Crippen molar-refractivity contribution in [2.24, 2.45) is 17.8 Å². The van der Waals surface area contributed by atoms with Gasteiger partial charge in [0.2, 0.25) is 0 Å². The van der Waals surface area contributed by atoms with Gasteiger partial charge in [0.15, 0.2) is 0 Å². The first-order chi connectivity index (χ1) is 7.24. The molecule has 1 aliphatic rings. The highest BCUT2D eigenvalue weighted by atomic mass is 14.4. The van der Waals surface area contributed by atoms with Gasteiger partial charge >= 0.3 is 0 Å². The molecule has 0 aromatic rings. The molecular formula is C15H30. The highest BCUT2D eigenvalue weighted by molar-refractivity contribution is 4.81. The van der Waals surface area contributed by atoms with Gasteiger partial charge in [0.25, 0.3) is 0 Å². The Kier molecular flexibility index (Phi) is 6.36. The highest BCUT2D eigenvalue weighted by Gasteiger charge is 2.31. The SMILES string of the molecule is CCC(C)CCCCCCCC1CC1C. The van der Waals surface area contributed by atoms with Gasteiger partial charge in [0.1, 0.15) is 0 Å². The molecule has 0 aromatic heterocycles. The second kappa shape index (κ2) is 7.30. The molecule has 1 saturated carbocycles. The first-order valence-corrected chi connectivity index (χ1v) is 7.24. The third-order valence-electron chi connectivity index (χ3n) is 4.24. The van der Waals surface area contributed by atoms with Gasteiger partial charge in [-0.15, -0.1) is 0 Å². The van der Waals surface area contributed by atoms with E-state index in [1.807, 2.05) is 0 Å². The maximum absolute atomic E-state index is 2.40. The summed E-state index contributed by atoms with van der Waals surface area (Å²) in [6, 6.07) is 0. The molecule has 15 heavy (non-hydrogen) atoms. The summed E-state index contributed by atoms with van der Waals surface area (Å²) in [6.07, 6.45) is 13.3. The van der Waals surface area contributed by atoms with Crippen LogP contribution in [-0.2, 0) is 0 Å². The second-order valence-corrected chi connectivity index (χ2v) is 5.83. The normalized spacial score (nSPS) is 26.6. The molecule has 0 heterocycles. The maximum atomic E-state index is 2.40. The van der Waals surface area contributed by atoms with Crippen LogP contribution >= 0.6 is 0 Å². The molecule has 0 nitrogen and oxygen atoms in total. The predicted octanol–water partition coefficient (Wildman–Crippen LogP) is 5.42. The zero-order valence-electron chi connectivity index (χ0n) is 11.1. The summed E-state index contributed by atoms with van der Waals surface area (Å²) in [7, 11) is 0. The molecule has 0 N–H and O–H groups in total. The molecule has 1 fully saturated rings. The van der Waals surface area contributed by atoms with Gasteiger partial charge in [-0.05, 0) is 24.2 Å². The van der Waals surface area contributed by atoms with Crippen LogP contribution in [0.5, 0.6) is 0 Å². The summed E-state index contributed by atoms with van der Waals surface area (Å²) >= 11 is 0. The molecule has 0 spiro atoms. The Balaban J connectivity index is 1.73. The van der Waals surface area contributed by atoms with Crippen LogP contribution in [0.1, 0.15) is 78.6 Å². The fraction of sp³-hybridized carbons (Fsp3) is 1.00. The van der Waals surface area contributed by atoms with Crippen molar-refractivity contribution in [3.05, 3.63) is 0 Å². The number of hydrogen-bond acceptors (Lipinski definition) is 0. The standard InChI is InChI=1S/C15H30/c1-4-13(2)10-8-6-5-7-9-11-15-12-14(15)3/h13-15H,4-12H2,1-3H3. The molecular weight excluding hydrogens is 180 g/mol. The van der Waals surface area contributed by atoms with E-state index in [2.05, 4.69) is 20.8 Å². The van der Waals surface area contributed by atoms with Gasteiger partial charge in [-0.2, -0.15) is 0 Å². The van der Waals surface area contributed by atoms with E-state index in [0.29, 0.717) is 0 Å². The minimum atomic E-state index is 0.956. The van der Waals surface area contributed by atoms with E-state index in [-0.39, 0.29) is 0 Å². The topological polar surface area (TPSA) is 0 Å². The molecule has 1 aliphatic carbocycles. The third-order valence-corrected chi connectivity index (χ3v) is 4.24. The molecule has 0 bridgehead atoms. The fourth-order valence-corrected chi connectivity index (χ4v) is 2.44. The van der Waals surface area contributed by atoms with Gasteiger partial charge in [-0.3, -0.25) is 0 Å². The first-order valence-electron chi connectivity index (χ1n) is 7.24. The van der Waals surface area contributed by atoms with Gasteiger partial charge < -0.3 is 0 Å². The van der Waals surface area contributed by atoms with Crippen LogP contribution in [0.2, 0.25) is 0 Å². The van der Waals surface area contributed by atoms with Crippen LogP contribution in [0.15, 0.2) is 0 Å². The van der Waals surface area contributed by atoms with Crippen LogP contribution in [-0.4, -0.2) is 0 Å². The molecule has 0 amide bonds. The van der Waals surface area contributed by atoms with Crippen molar-refractivity contribution in [3.8, 4) is 0 Å². The largest absolute Gasteiger partial charge is 0.0651 e. The summed E-state index contributed by atoms with van der Waals surface area (Å²) in [4.78, 5) is 0. The van der Waals surface area contributed by atoms with Gasteiger partial charge in [-0.1, -0.05) is 72.1 Å². The second-order valence-electron chi connectivity index (χ2n) is 5.83. The van der Waals surface area contributed by atoms with E-state index in [0.717, 1.165) is 17.8 Å². The maximum Gasteiger partial charge on any atom is -0.0386 e. The Labute approximate surface area is 96.8 Å². The van der Waals surface area contributed by atoms with Crippen molar-refractivity contribution < 1.29 is 0 Å². The number of unbranched alkanes of at least 4 members (excludes halogenated alkanes) is 4. The fourth-order valence-electron chi connectivity index (χ4n) is 2.44. The average molecular weight is 210 g/mol. The summed E-state index contributed by atoms with van der Waals surface area (Å²) in [5.41, 5.74) is 0. The monoisotopic (exact) mass is 210 g/mol. The lowest BCUT2D eigenvalue weighted by Crippen LogP contribution is -1.91. The average Bonchev–Trinajstić information content (AvgIpc) is 2.93. The van der Waals surface area contributed by atoms with Crippen LogP contribution in [0.4, 0.5) is 0 Å². The smallest absolute Gasteiger partial charge is 0.0386 e. The Morgan fingerprint density at radius 3 is 2.27 bits per heavy atom. The minimum Gasteiger partial charge on any atom is -0.0651 e. The van der Waals surface area contributed by atoms with Crippen LogP contribution in [0.3, 0.4) is 0 Å². The summed E-state index contributed by atoms with van der Waals surface area (Å²) < 4.78 is 0. The quantitative estimate of drug-likeness (QED) is 0.446. The van der Waals surface area contributed by atoms with Crippen LogP contribution in [0.25, 0.3) is 0 Å². The van der Waals surface area contributed by atoms with E-state index in [1.165, 1.54) is 57.8 Å². The van der Waals surface area contributed by atoms with Crippen LogP contribution in [0, 0.1) is 17.8 Å². The zero-order chi connectivity index (χ0) is 11.1. The van der Waals surface area contributed by atoms with Crippen LogP contribution < -0.4 is 0 Å². The van der Waals surface area contributed by atoms with E-state index in [4.69, 9.17) is 0 Å². The lowest BCUT2D eigenvalue weighted by atomic mass is 9.99. The summed E-state index contributed by atoms with van der Waals surface area (Å²) in [6.45, 7) is 7.09. The van der Waals surface area contributed by atoms with Crippen molar-refractivity contribution in [1.82, 2.24) is 0 Å². The van der Waals surface area contributed by atoms with Gasteiger partial charge in [0.05, 0.1) is 0 Å². The lowest BCUT2D eigenvalue weighted by molar-refractivity contribution is 0.468. The molecule has 0 saturated heterocycles. The number of hydrogen-bond donors (Lipinski definition) is 0. The van der Waals surface area contributed by atoms with Crippen molar-refractivity contribution in [2.45, 2.75) is 78.6 Å². The van der Waals surface area contributed by atoms with E-state index in [1.54, 1.807) is 0 Å². The van der Waals surface area contributed by atoms with Gasteiger partial charge in [0, 0.05) is 0 Å². The molecule has 90 valence electrons. The van der Waals surface area contributed by atoms with Gasteiger partial charge in [-0.25, -0.2) is 0 Å². The Bertz CT molecular complexity index is 142. The molecule has 3 atom stereocenters. The summed E-state index contributed by atoms with van der Waals surface area (Å²) in [5.74, 6) is 3.14. The highest BCUT2D eigenvalue weighted by Crippen LogP contribution is 2.41. The van der Waals surface area contributed by atoms with E-state index in [9.17, 15) is 0 Å². The van der Waals surface area contributed by atoms with Crippen molar-refractivity contribution in [1.29, 1.82) is 0 Å². The zero-order valence-corrected chi connectivity index (χ0v) is 11.1. The van der Waals surface area contributed by atoms with Crippen molar-refractivity contribution in [3.63, 3.8) is 0 Å². The third kappa shape index (κ3) is 6.22. The predicted molar refractivity (Wildman–Crippen MR) is 69.0 cm³/mol.